The number of hydrogen-bond acceptors (Lipinski definition) is 7. The molecule has 1 saturated heterocycles. The minimum atomic E-state index is -1.13. The van der Waals surface area contributed by atoms with Crippen molar-refractivity contribution in [2.45, 2.75) is 43.8 Å². The summed E-state index contributed by atoms with van der Waals surface area (Å²) in [6.45, 7) is 0.357. The number of carbonyl (C=O) groups excluding carboxylic acids is 3. The number of carbonyl (C=O) groups is 4. The van der Waals surface area contributed by atoms with Gasteiger partial charge >= 0.3 is 5.97 Å². The Hall–Kier alpha value is -2.60. The first-order valence-electron chi connectivity index (χ1n) is 9.70. The van der Waals surface area contributed by atoms with Crippen LogP contribution in [0, 0.1) is 0 Å². The predicted molar refractivity (Wildman–Crippen MR) is 111 cm³/mol. The number of thioether (sulfide) groups is 1. The van der Waals surface area contributed by atoms with Crippen molar-refractivity contribution < 1.29 is 24.3 Å². The Kier molecular flexibility index (Phi) is 9.61. The molecule has 6 N–H and O–H groups in total. The molecule has 1 aliphatic heterocycles. The van der Waals surface area contributed by atoms with E-state index in [1.807, 2.05) is 6.26 Å². The second kappa shape index (κ2) is 12.2. The molecule has 12 heteroatoms. The molecule has 1 aromatic rings. The van der Waals surface area contributed by atoms with Gasteiger partial charge in [-0.3, -0.25) is 14.4 Å². The quantitative estimate of drug-likeness (QED) is 0.232. The molecule has 0 aromatic carbocycles. The Morgan fingerprint density at radius 3 is 2.70 bits per heavy atom. The number of carboxylic acids is 1. The number of rotatable bonds is 12. The Labute approximate surface area is 178 Å². The highest BCUT2D eigenvalue weighted by molar-refractivity contribution is 7.98. The normalized spacial score (nSPS) is 17.7. The molecule has 166 valence electrons. The molecule has 0 spiro atoms. The van der Waals surface area contributed by atoms with E-state index in [1.165, 1.54) is 18.1 Å². The lowest BCUT2D eigenvalue weighted by atomic mass is 10.1. The van der Waals surface area contributed by atoms with Crippen molar-refractivity contribution in [1.82, 2.24) is 31.2 Å². The van der Waals surface area contributed by atoms with Crippen LogP contribution in [0.4, 0.5) is 0 Å². The Morgan fingerprint density at radius 1 is 1.30 bits per heavy atom. The number of nitrogens with one attached hydrogen (secondary N) is 5. The standard InChI is InChI=1S/C18H28N6O5S/c1-30-6-4-13(18(28)29)23-15(25)9-21-16(26)14(7-11-8-19-10-22-11)24-17(27)12-3-2-5-20-12/h8,10,12-14,20H,2-7,9H2,1H3,(H,19,22)(H,21,26)(H,23,25)(H,24,27)(H,28,29). The first-order chi connectivity index (χ1) is 14.4. The van der Waals surface area contributed by atoms with Crippen molar-refractivity contribution in [2.24, 2.45) is 0 Å². The van der Waals surface area contributed by atoms with Crippen LogP contribution in [-0.2, 0) is 25.6 Å². The molecular formula is C18H28N6O5S. The number of hydrogen-bond donors (Lipinski definition) is 6. The lowest BCUT2D eigenvalue weighted by Gasteiger charge is -2.20. The number of imidazole rings is 1. The Bertz CT molecular complexity index is 723. The van der Waals surface area contributed by atoms with Crippen molar-refractivity contribution in [1.29, 1.82) is 0 Å². The third-order valence-electron chi connectivity index (χ3n) is 4.66. The van der Waals surface area contributed by atoms with E-state index >= 15 is 0 Å². The van der Waals surface area contributed by atoms with Crippen molar-refractivity contribution >= 4 is 35.5 Å². The molecule has 3 unspecified atom stereocenters. The van der Waals surface area contributed by atoms with Crippen molar-refractivity contribution in [3.8, 4) is 0 Å². The van der Waals surface area contributed by atoms with Gasteiger partial charge < -0.3 is 31.4 Å². The van der Waals surface area contributed by atoms with E-state index in [-0.39, 0.29) is 31.3 Å². The molecule has 2 heterocycles. The number of aromatic nitrogens is 2. The first kappa shape index (κ1) is 23.7. The molecule has 3 amide bonds. The van der Waals surface area contributed by atoms with Gasteiger partial charge in [0.15, 0.2) is 0 Å². The summed E-state index contributed by atoms with van der Waals surface area (Å²) in [5.41, 5.74) is 0.655. The van der Waals surface area contributed by atoms with Crippen LogP contribution in [0.5, 0.6) is 0 Å². The maximum atomic E-state index is 12.6. The van der Waals surface area contributed by atoms with Crippen LogP contribution in [0.1, 0.15) is 25.0 Å². The molecule has 0 bridgehead atoms. The largest absolute Gasteiger partial charge is 0.480 e. The minimum absolute atomic E-state index is 0.178. The molecule has 30 heavy (non-hydrogen) atoms. The van der Waals surface area contributed by atoms with Gasteiger partial charge in [0.05, 0.1) is 18.9 Å². The van der Waals surface area contributed by atoms with E-state index < -0.39 is 29.9 Å². The number of aliphatic carboxylic acids is 1. The van der Waals surface area contributed by atoms with Gasteiger partial charge in [0.2, 0.25) is 17.7 Å². The van der Waals surface area contributed by atoms with Crippen LogP contribution in [0.15, 0.2) is 12.5 Å². The summed E-state index contributed by atoms with van der Waals surface area (Å²) in [5, 5.41) is 19.8. The van der Waals surface area contributed by atoms with Crippen molar-refractivity contribution in [3.63, 3.8) is 0 Å². The molecule has 0 aliphatic carbocycles. The molecule has 1 fully saturated rings. The number of amides is 3. The van der Waals surface area contributed by atoms with Gasteiger partial charge in [-0.1, -0.05) is 0 Å². The van der Waals surface area contributed by atoms with Gasteiger partial charge in [0.1, 0.15) is 12.1 Å². The van der Waals surface area contributed by atoms with Gasteiger partial charge in [0.25, 0.3) is 0 Å². The van der Waals surface area contributed by atoms with E-state index in [0.29, 0.717) is 17.9 Å². The summed E-state index contributed by atoms with van der Waals surface area (Å²) in [7, 11) is 0. The summed E-state index contributed by atoms with van der Waals surface area (Å²) in [4.78, 5) is 55.2. The average molecular weight is 441 g/mol. The van der Waals surface area contributed by atoms with Crippen molar-refractivity contribution in [3.05, 3.63) is 18.2 Å². The van der Waals surface area contributed by atoms with Crippen LogP contribution in [0.25, 0.3) is 0 Å². The fourth-order valence-corrected chi connectivity index (χ4v) is 3.51. The third-order valence-corrected chi connectivity index (χ3v) is 5.30. The van der Waals surface area contributed by atoms with E-state index in [4.69, 9.17) is 0 Å². The Balaban J connectivity index is 1.91. The minimum Gasteiger partial charge on any atom is -0.480 e. The van der Waals surface area contributed by atoms with Crippen molar-refractivity contribution in [2.75, 3.05) is 25.1 Å². The zero-order chi connectivity index (χ0) is 21.9. The zero-order valence-electron chi connectivity index (χ0n) is 16.8. The third kappa shape index (κ3) is 7.67. The topological polar surface area (TPSA) is 165 Å². The Morgan fingerprint density at radius 2 is 2.10 bits per heavy atom. The smallest absolute Gasteiger partial charge is 0.326 e. The van der Waals surface area contributed by atoms with Gasteiger partial charge in [-0.05, 0) is 37.8 Å². The number of H-pyrrole nitrogens is 1. The lowest BCUT2D eigenvalue weighted by Crippen LogP contribution is -2.54. The fraction of sp³-hybridized carbons (Fsp3) is 0.611. The second-order valence-corrected chi connectivity index (χ2v) is 7.93. The number of carboxylic acid groups (broad SMARTS) is 1. The van der Waals surface area contributed by atoms with Crippen LogP contribution in [0.3, 0.4) is 0 Å². The molecule has 2 rings (SSSR count). The fourth-order valence-electron chi connectivity index (χ4n) is 3.04. The number of nitrogens with zero attached hydrogens (tertiary/aromatic N) is 1. The summed E-state index contributed by atoms with van der Waals surface area (Å²) < 4.78 is 0. The van der Waals surface area contributed by atoms with E-state index in [0.717, 1.165) is 13.0 Å². The summed E-state index contributed by atoms with van der Waals surface area (Å²) in [6.07, 6.45) is 6.90. The average Bonchev–Trinajstić information content (AvgIpc) is 3.42. The number of aromatic amines is 1. The monoisotopic (exact) mass is 440 g/mol. The van der Waals surface area contributed by atoms with Gasteiger partial charge in [-0.2, -0.15) is 11.8 Å². The molecule has 1 aliphatic rings. The highest BCUT2D eigenvalue weighted by Crippen LogP contribution is 2.06. The highest BCUT2D eigenvalue weighted by atomic mass is 32.2. The lowest BCUT2D eigenvalue weighted by molar-refractivity contribution is -0.141. The van der Waals surface area contributed by atoms with Crippen LogP contribution in [-0.4, -0.2) is 82.0 Å². The van der Waals surface area contributed by atoms with Gasteiger partial charge in [-0.25, -0.2) is 9.78 Å². The first-order valence-corrected chi connectivity index (χ1v) is 11.1. The van der Waals surface area contributed by atoms with Crippen LogP contribution in [0.2, 0.25) is 0 Å². The summed E-state index contributed by atoms with van der Waals surface area (Å²) in [6, 6.07) is -2.27. The van der Waals surface area contributed by atoms with Gasteiger partial charge in [0, 0.05) is 18.3 Å². The SMILES string of the molecule is CSCCC(NC(=O)CNC(=O)C(Cc1cnc[nH]1)NC(=O)C1CCCN1)C(=O)O. The van der Waals surface area contributed by atoms with E-state index in [9.17, 15) is 24.3 Å². The van der Waals surface area contributed by atoms with Crippen LogP contribution >= 0.6 is 11.8 Å². The second-order valence-electron chi connectivity index (χ2n) is 6.95. The van der Waals surface area contributed by atoms with Gasteiger partial charge in [-0.15, -0.1) is 0 Å². The van der Waals surface area contributed by atoms with E-state index in [1.54, 1.807) is 6.20 Å². The predicted octanol–water partition coefficient (Wildman–Crippen LogP) is -1.37. The summed E-state index contributed by atoms with van der Waals surface area (Å²) in [5.74, 6) is -1.98. The molecule has 0 saturated carbocycles. The zero-order valence-corrected chi connectivity index (χ0v) is 17.6. The summed E-state index contributed by atoms with van der Waals surface area (Å²) >= 11 is 1.48. The molecular weight excluding hydrogens is 412 g/mol. The maximum Gasteiger partial charge on any atom is 0.326 e. The molecule has 3 atom stereocenters. The maximum absolute atomic E-state index is 12.6. The molecule has 11 nitrogen and oxygen atoms in total. The molecule has 0 radical (unpaired) electrons. The molecule has 1 aromatic heterocycles. The van der Waals surface area contributed by atoms with Crippen LogP contribution < -0.4 is 21.3 Å². The van der Waals surface area contributed by atoms with E-state index in [2.05, 4.69) is 31.2 Å². The highest BCUT2D eigenvalue weighted by Gasteiger charge is 2.28.